The lowest BCUT2D eigenvalue weighted by Crippen LogP contribution is -2.21. The van der Waals surface area contributed by atoms with Crippen LogP contribution in [0.3, 0.4) is 0 Å². The molecular weight excluding hydrogens is 362 g/mol. The fourth-order valence-electron chi connectivity index (χ4n) is 3.08. The first kappa shape index (κ1) is 18.4. The average molecular weight is 381 g/mol. The minimum absolute atomic E-state index is 0.172. The van der Waals surface area contributed by atoms with Gasteiger partial charge in [-0.05, 0) is 36.8 Å². The van der Waals surface area contributed by atoms with E-state index >= 15 is 0 Å². The molecule has 0 saturated carbocycles. The van der Waals surface area contributed by atoms with E-state index in [1.807, 2.05) is 61.5 Å². The lowest BCUT2D eigenvalue weighted by atomic mass is 9.92. The minimum atomic E-state index is -0.186. The van der Waals surface area contributed by atoms with Gasteiger partial charge in [-0.2, -0.15) is 5.10 Å². The third-order valence-electron chi connectivity index (χ3n) is 4.67. The van der Waals surface area contributed by atoms with Gasteiger partial charge < -0.3 is 5.32 Å². The summed E-state index contributed by atoms with van der Waals surface area (Å²) >= 11 is 0. The van der Waals surface area contributed by atoms with Crippen molar-refractivity contribution in [3.8, 4) is 0 Å². The molecule has 0 radical (unpaired) electrons. The molecule has 5 heteroatoms. The number of fused-ring (bicyclic) bond motifs is 1. The molecule has 4 rings (SSSR count). The number of allylic oxidation sites excluding steroid dienone is 2. The van der Waals surface area contributed by atoms with Crippen molar-refractivity contribution in [3.05, 3.63) is 107 Å². The van der Waals surface area contributed by atoms with Gasteiger partial charge in [0.25, 0.3) is 0 Å². The first-order chi connectivity index (χ1) is 14.1. The van der Waals surface area contributed by atoms with Crippen molar-refractivity contribution in [1.29, 1.82) is 0 Å². The van der Waals surface area contributed by atoms with Crippen LogP contribution in [-0.2, 0) is 0 Å². The van der Waals surface area contributed by atoms with Crippen molar-refractivity contribution in [2.75, 3.05) is 10.7 Å². The molecule has 0 bridgehead atoms. The molecule has 0 aliphatic heterocycles. The van der Waals surface area contributed by atoms with Gasteiger partial charge >= 0.3 is 0 Å². The van der Waals surface area contributed by atoms with E-state index in [2.05, 4.69) is 15.8 Å². The lowest BCUT2D eigenvalue weighted by molar-refractivity contribution is 0.0985. The average Bonchev–Trinajstić information content (AvgIpc) is 2.77. The van der Waals surface area contributed by atoms with Crippen LogP contribution in [0, 0.1) is 0 Å². The molecule has 0 spiro atoms. The van der Waals surface area contributed by atoms with Crippen LogP contribution in [0.5, 0.6) is 0 Å². The quantitative estimate of drug-likeness (QED) is 0.487. The van der Waals surface area contributed by atoms with Crippen LogP contribution < -0.4 is 10.7 Å². The first-order valence-corrected chi connectivity index (χ1v) is 9.24. The molecule has 3 aromatic carbocycles. The lowest BCUT2D eigenvalue weighted by Gasteiger charge is -2.16. The van der Waals surface area contributed by atoms with Crippen molar-refractivity contribution < 1.29 is 9.59 Å². The van der Waals surface area contributed by atoms with Crippen molar-refractivity contribution in [3.63, 3.8) is 0 Å². The van der Waals surface area contributed by atoms with E-state index in [0.29, 0.717) is 11.1 Å². The Hall–Kier alpha value is -3.99. The Balaban J connectivity index is 1.47. The van der Waals surface area contributed by atoms with Crippen LogP contribution >= 0.6 is 0 Å². The highest BCUT2D eigenvalue weighted by Gasteiger charge is 2.25. The molecule has 2 N–H and O–H groups in total. The molecule has 0 unspecified atom stereocenters. The summed E-state index contributed by atoms with van der Waals surface area (Å²) in [5, 5.41) is 7.45. The largest absolute Gasteiger partial charge is 0.352 e. The summed E-state index contributed by atoms with van der Waals surface area (Å²) in [4.78, 5) is 24.9. The van der Waals surface area contributed by atoms with Crippen LogP contribution in [0.15, 0.2) is 95.7 Å². The number of benzene rings is 3. The molecule has 29 heavy (non-hydrogen) atoms. The summed E-state index contributed by atoms with van der Waals surface area (Å²) < 4.78 is 0. The molecule has 1 aliphatic carbocycles. The zero-order chi connectivity index (χ0) is 20.2. The number of anilines is 2. The number of hydrogen-bond donors (Lipinski definition) is 2. The maximum Gasteiger partial charge on any atom is 0.210 e. The molecule has 0 amide bonds. The minimum Gasteiger partial charge on any atom is -0.352 e. The van der Waals surface area contributed by atoms with E-state index < -0.39 is 0 Å². The predicted molar refractivity (Wildman–Crippen MR) is 116 cm³/mol. The van der Waals surface area contributed by atoms with Gasteiger partial charge in [0.15, 0.2) is 5.78 Å². The van der Waals surface area contributed by atoms with E-state index in [1.165, 1.54) is 6.08 Å². The molecule has 3 aromatic rings. The normalized spacial score (nSPS) is 13.6. The van der Waals surface area contributed by atoms with Gasteiger partial charge in [0.1, 0.15) is 0 Å². The topological polar surface area (TPSA) is 70.6 Å². The molecule has 5 nitrogen and oxygen atoms in total. The number of rotatable bonds is 5. The number of carbonyl (C=O) groups is 2. The van der Waals surface area contributed by atoms with E-state index in [1.54, 1.807) is 24.3 Å². The van der Waals surface area contributed by atoms with Crippen LogP contribution in [0.4, 0.5) is 11.4 Å². The van der Waals surface area contributed by atoms with E-state index in [4.69, 9.17) is 0 Å². The molecule has 0 saturated heterocycles. The van der Waals surface area contributed by atoms with Crippen LogP contribution in [0.25, 0.3) is 0 Å². The van der Waals surface area contributed by atoms with Gasteiger partial charge in [0, 0.05) is 22.9 Å². The third kappa shape index (κ3) is 3.99. The number of carbonyl (C=O) groups excluding carboxylic acids is 2. The summed E-state index contributed by atoms with van der Waals surface area (Å²) in [5.41, 5.74) is 7.59. The number of para-hydroxylation sites is 1. The SMILES string of the molecule is C/C(=N\Nc1ccccc1)c1ccc(NC2=CC(=O)c3ccccc3C2=O)cc1. The van der Waals surface area contributed by atoms with Crippen LogP contribution in [-0.4, -0.2) is 17.3 Å². The Bertz CT molecular complexity index is 1130. The Morgan fingerprint density at radius 2 is 1.41 bits per heavy atom. The Labute approximate surface area is 168 Å². The number of ketones is 2. The van der Waals surface area contributed by atoms with Crippen molar-refractivity contribution >= 4 is 28.7 Å². The van der Waals surface area contributed by atoms with Crippen molar-refractivity contribution in [1.82, 2.24) is 0 Å². The third-order valence-corrected chi connectivity index (χ3v) is 4.67. The predicted octanol–water partition coefficient (Wildman–Crippen LogP) is 4.90. The number of hydrazone groups is 1. The van der Waals surface area contributed by atoms with Gasteiger partial charge in [0.05, 0.1) is 17.1 Å². The Morgan fingerprint density at radius 3 is 2.14 bits per heavy atom. The molecule has 1 aliphatic rings. The van der Waals surface area contributed by atoms with Gasteiger partial charge in [-0.1, -0.05) is 54.6 Å². The van der Waals surface area contributed by atoms with Crippen molar-refractivity contribution in [2.45, 2.75) is 6.92 Å². The van der Waals surface area contributed by atoms with E-state index in [9.17, 15) is 9.59 Å². The molecule has 0 atom stereocenters. The van der Waals surface area contributed by atoms with Gasteiger partial charge in [-0.15, -0.1) is 0 Å². The molecule has 0 fully saturated rings. The van der Waals surface area contributed by atoms with Crippen LogP contribution in [0.2, 0.25) is 0 Å². The van der Waals surface area contributed by atoms with E-state index in [0.717, 1.165) is 22.6 Å². The summed E-state index contributed by atoms with van der Waals surface area (Å²) in [6, 6.07) is 24.1. The molecular formula is C24H19N3O2. The monoisotopic (exact) mass is 381 g/mol. The molecule has 0 heterocycles. The van der Waals surface area contributed by atoms with Gasteiger partial charge in [-0.25, -0.2) is 0 Å². The highest BCUT2D eigenvalue weighted by Crippen LogP contribution is 2.23. The molecule has 142 valence electrons. The fourth-order valence-corrected chi connectivity index (χ4v) is 3.08. The first-order valence-electron chi connectivity index (χ1n) is 9.24. The van der Waals surface area contributed by atoms with Crippen LogP contribution in [0.1, 0.15) is 33.2 Å². The summed E-state index contributed by atoms with van der Waals surface area (Å²) in [7, 11) is 0. The highest BCUT2D eigenvalue weighted by molar-refractivity contribution is 6.25. The fraction of sp³-hybridized carbons (Fsp3) is 0.0417. The Morgan fingerprint density at radius 1 is 0.759 bits per heavy atom. The van der Waals surface area contributed by atoms with E-state index in [-0.39, 0.29) is 17.3 Å². The summed E-state index contributed by atoms with van der Waals surface area (Å²) in [6.07, 6.45) is 1.36. The molecule has 0 aromatic heterocycles. The highest BCUT2D eigenvalue weighted by atomic mass is 16.1. The second-order valence-corrected chi connectivity index (χ2v) is 6.67. The summed E-state index contributed by atoms with van der Waals surface area (Å²) in [5.74, 6) is -0.358. The smallest absolute Gasteiger partial charge is 0.210 e. The second kappa shape index (κ2) is 7.94. The standard InChI is InChI=1S/C24H19N3O2/c1-16(26-27-19-7-3-2-4-8-19)17-11-13-18(14-12-17)25-22-15-23(28)20-9-5-6-10-21(20)24(22)29/h2-15,25,27H,1H3/b26-16+. The van der Waals surface area contributed by atoms with Crippen molar-refractivity contribution in [2.24, 2.45) is 5.10 Å². The maximum absolute atomic E-state index is 12.7. The zero-order valence-electron chi connectivity index (χ0n) is 15.8. The number of nitrogens with one attached hydrogen (secondary N) is 2. The van der Waals surface area contributed by atoms with Gasteiger partial charge in [-0.3, -0.25) is 15.0 Å². The van der Waals surface area contributed by atoms with Gasteiger partial charge in [0.2, 0.25) is 5.78 Å². The number of nitrogens with zero attached hydrogens (tertiary/aromatic N) is 1. The zero-order valence-corrected chi connectivity index (χ0v) is 15.8. The number of Topliss-reactive ketones (excluding diaryl/α,β-unsaturated/α-hetero) is 1. The second-order valence-electron chi connectivity index (χ2n) is 6.67. The maximum atomic E-state index is 12.7. The number of hydrogen-bond acceptors (Lipinski definition) is 5. The Kier molecular flexibility index (Phi) is 5.03. The summed E-state index contributed by atoms with van der Waals surface area (Å²) in [6.45, 7) is 1.92.